The number of carbonyl (C=O) groups excluding carboxylic acids is 1. The molecule has 0 radical (unpaired) electrons. The van der Waals surface area contributed by atoms with E-state index in [-0.39, 0.29) is 29.8 Å². The smallest absolute Gasteiger partial charge is 0.254 e. The first kappa shape index (κ1) is 14.9. The van der Waals surface area contributed by atoms with Gasteiger partial charge in [0, 0.05) is 18.7 Å². The molecule has 0 saturated heterocycles. The lowest BCUT2D eigenvalue weighted by molar-refractivity contribution is 0.0875. The lowest BCUT2D eigenvalue weighted by atomic mass is 10.1. The fourth-order valence-corrected chi connectivity index (χ4v) is 1.65. The number of carbonyl (C=O) groups is 1. The minimum absolute atomic E-state index is 0.0848. The molecular formula is C12H15ClFNO3. The van der Waals surface area contributed by atoms with Crippen LogP contribution in [-0.4, -0.2) is 37.4 Å². The number of rotatable bonds is 6. The summed E-state index contributed by atoms with van der Waals surface area (Å²) >= 11 is 5.60. The van der Waals surface area contributed by atoms with Crippen LogP contribution in [0.15, 0.2) is 18.2 Å². The van der Waals surface area contributed by atoms with E-state index in [9.17, 15) is 9.18 Å². The Labute approximate surface area is 110 Å². The molecule has 1 atom stereocenters. The van der Waals surface area contributed by atoms with Crippen molar-refractivity contribution < 1.29 is 19.0 Å². The SMILES string of the molecule is COCC(CCO)NC(=O)c1ccc(Cl)cc1F. The number of hydrogen-bond acceptors (Lipinski definition) is 3. The number of benzene rings is 1. The van der Waals surface area contributed by atoms with Gasteiger partial charge in [0.15, 0.2) is 0 Å². The Hall–Kier alpha value is -1.17. The average molecular weight is 276 g/mol. The summed E-state index contributed by atoms with van der Waals surface area (Å²) in [7, 11) is 1.49. The van der Waals surface area contributed by atoms with Crippen LogP contribution in [-0.2, 0) is 4.74 Å². The van der Waals surface area contributed by atoms with E-state index in [0.717, 1.165) is 6.07 Å². The Kier molecular flexibility index (Phi) is 6.04. The predicted molar refractivity (Wildman–Crippen MR) is 66.2 cm³/mol. The van der Waals surface area contributed by atoms with Crippen molar-refractivity contribution in [3.63, 3.8) is 0 Å². The maximum absolute atomic E-state index is 13.5. The second kappa shape index (κ2) is 7.31. The number of aliphatic hydroxyl groups is 1. The summed E-state index contributed by atoms with van der Waals surface area (Å²) in [5.41, 5.74) is -0.0848. The third kappa shape index (κ3) is 4.25. The molecule has 6 heteroatoms. The van der Waals surface area contributed by atoms with Crippen molar-refractivity contribution in [3.05, 3.63) is 34.6 Å². The maximum atomic E-state index is 13.5. The van der Waals surface area contributed by atoms with E-state index < -0.39 is 11.7 Å². The van der Waals surface area contributed by atoms with Crippen LogP contribution in [0.2, 0.25) is 5.02 Å². The molecule has 100 valence electrons. The van der Waals surface area contributed by atoms with Crippen molar-refractivity contribution >= 4 is 17.5 Å². The van der Waals surface area contributed by atoms with Crippen molar-refractivity contribution in [1.29, 1.82) is 0 Å². The largest absolute Gasteiger partial charge is 0.396 e. The highest BCUT2D eigenvalue weighted by Gasteiger charge is 2.16. The number of hydrogen-bond donors (Lipinski definition) is 2. The number of aliphatic hydroxyl groups excluding tert-OH is 1. The molecule has 0 saturated carbocycles. The van der Waals surface area contributed by atoms with Crippen molar-refractivity contribution in [2.45, 2.75) is 12.5 Å². The van der Waals surface area contributed by atoms with Gasteiger partial charge in [-0.2, -0.15) is 0 Å². The molecule has 1 unspecified atom stereocenters. The van der Waals surface area contributed by atoms with Crippen LogP contribution < -0.4 is 5.32 Å². The molecular weight excluding hydrogens is 261 g/mol. The number of ether oxygens (including phenoxy) is 1. The van der Waals surface area contributed by atoms with Gasteiger partial charge in [0.25, 0.3) is 5.91 Å². The highest BCUT2D eigenvalue weighted by molar-refractivity contribution is 6.30. The van der Waals surface area contributed by atoms with E-state index in [1.165, 1.54) is 19.2 Å². The molecule has 1 aromatic carbocycles. The molecule has 1 rings (SSSR count). The minimum Gasteiger partial charge on any atom is -0.396 e. The Balaban J connectivity index is 2.73. The first-order chi connectivity index (χ1) is 8.58. The van der Waals surface area contributed by atoms with Gasteiger partial charge in [-0.05, 0) is 24.6 Å². The van der Waals surface area contributed by atoms with Crippen LogP contribution in [0.5, 0.6) is 0 Å². The summed E-state index contributed by atoms with van der Waals surface area (Å²) in [4.78, 5) is 11.8. The normalized spacial score (nSPS) is 12.2. The molecule has 0 aliphatic rings. The van der Waals surface area contributed by atoms with Crippen LogP contribution in [0.25, 0.3) is 0 Å². The van der Waals surface area contributed by atoms with Crippen molar-refractivity contribution in [2.75, 3.05) is 20.3 Å². The van der Waals surface area contributed by atoms with E-state index in [4.69, 9.17) is 21.4 Å². The molecule has 1 aromatic rings. The topological polar surface area (TPSA) is 58.6 Å². The highest BCUT2D eigenvalue weighted by Crippen LogP contribution is 2.14. The molecule has 4 nitrogen and oxygen atoms in total. The van der Waals surface area contributed by atoms with E-state index in [2.05, 4.69) is 5.32 Å². The van der Waals surface area contributed by atoms with Crippen LogP contribution in [0, 0.1) is 5.82 Å². The molecule has 18 heavy (non-hydrogen) atoms. The zero-order valence-electron chi connectivity index (χ0n) is 9.95. The molecule has 0 fully saturated rings. The van der Waals surface area contributed by atoms with E-state index in [1.54, 1.807) is 0 Å². The fourth-order valence-electron chi connectivity index (χ4n) is 1.49. The fraction of sp³-hybridized carbons (Fsp3) is 0.417. The van der Waals surface area contributed by atoms with Gasteiger partial charge in [-0.25, -0.2) is 4.39 Å². The van der Waals surface area contributed by atoms with Crippen LogP contribution >= 0.6 is 11.6 Å². The van der Waals surface area contributed by atoms with Gasteiger partial charge in [-0.3, -0.25) is 4.79 Å². The molecule has 0 aliphatic heterocycles. The number of nitrogens with one attached hydrogen (secondary N) is 1. The van der Waals surface area contributed by atoms with Crippen molar-refractivity contribution in [2.24, 2.45) is 0 Å². The molecule has 2 N–H and O–H groups in total. The predicted octanol–water partition coefficient (Wildman–Crippen LogP) is 1.61. The second-order valence-corrected chi connectivity index (χ2v) is 4.20. The summed E-state index contributed by atoms with van der Waals surface area (Å²) in [6.07, 6.45) is 0.342. The Morgan fingerprint density at radius 2 is 2.33 bits per heavy atom. The lowest BCUT2D eigenvalue weighted by Gasteiger charge is -2.17. The maximum Gasteiger partial charge on any atom is 0.254 e. The third-order valence-electron chi connectivity index (χ3n) is 2.36. The Morgan fingerprint density at radius 1 is 1.61 bits per heavy atom. The number of amides is 1. The molecule has 0 heterocycles. The van der Waals surface area contributed by atoms with E-state index in [1.807, 2.05) is 0 Å². The highest BCUT2D eigenvalue weighted by atomic mass is 35.5. The van der Waals surface area contributed by atoms with Gasteiger partial charge in [0.1, 0.15) is 5.82 Å². The van der Waals surface area contributed by atoms with Crippen LogP contribution in [0.4, 0.5) is 4.39 Å². The summed E-state index contributed by atoms with van der Waals surface area (Å²) in [6.45, 7) is 0.166. The zero-order valence-corrected chi connectivity index (χ0v) is 10.7. The number of methoxy groups -OCH3 is 1. The van der Waals surface area contributed by atoms with Gasteiger partial charge < -0.3 is 15.2 Å². The quantitative estimate of drug-likeness (QED) is 0.829. The monoisotopic (exact) mass is 275 g/mol. The van der Waals surface area contributed by atoms with Gasteiger partial charge >= 0.3 is 0 Å². The first-order valence-corrected chi connectivity index (χ1v) is 5.82. The summed E-state index contributed by atoms with van der Waals surface area (Å²) in [6, 6.07) is 3.48. The second-order valence-electron chi connectivity index (χ2n) is 3.76. The van der Waals surface area contributed by atoms with Crippen LogP contribution in [0.1, 0.15) is 16.8 Å². The molecule has 0 aromatic heterocycles. The summed E-state index contributed by atoms with van der Waals surface area (Å²) in [5.74, 6) is -1.24. The Morgan fingerprint density at radius 3 is 2.89 bits per heavy atom. The lowest BCUT2D eigenvalue weighted by Crippen LogP contribution is -2.39. The van der Waals surface area contributed by atoms with Gasteiger partial charge in [-0.15, -0.1) is 0 Å². The zero-order chi connectivity index (χ0) is 13.5. The van der Waals surface area contributed by atoms with Crippen LogP contribution in [0.3, 0.4) is 0 Å². The molecule has 0 spiro atoms. The molecule has 1 amide bonds. The minimum atomic E-state index is -0.680. The summed E-state index contributed by atoms with van der Waals surface area (Å²) in [5, 5.41) is 11.7. The summed E-state index contributed by atoms with van der Waals surface area (Å²) < 4.78 is 18.4. The van der Waals surface area contributed by atoms with Gasteiger partial charge in [-0.1, -0.05) is 11.6 Å². The third-order valence-corrected chi connectivity index (χ3v) is 2.59. The average Bonchev–Trinajstić information content (AvgIpc) is 2.29. The van der Waals surface area contributed by atoms with Gasteiger partial charge in [0.2, 0.25) is 0 Å². The van der Waals surface area contributed by atoms with E-state index in [0.29, 0.717) is 6.42 Å². The molecule has 0 aliphatic carbocycles. The Bertz CT molecular complexity index is 408. The standard InChI is InChI=1S/C12H15ClFNO3/c1-18-7-9(4-5-16)15-12(17)10-3-2-8(13)6-11(10)14/h2-3,6,9,16H,4-5,7H2,1H3,(H,15,17). The van der Waals surface area contributed by atoms with Gasteiger partial charge in [0.05, 0.1) is 18.2 Å². The van der Waals surface area contributed by atoms with Crippen molar-refractivity contribution in [1.82, 2.24) is 5.32 Å². The molecule has 0 bridgehead atoms. The van der Waals surface area contributed by atoms with E-state index >= 15 is 0 Å². The first-order valence-electron chi connectivity index (χ1n) is 5.44. The number of halogens is 2. The van der Waals surface area contributed by atoms with Crippen molar-refractivity contribution in [3.8, 4) is 0 Å².